The Labute approximate surface area is 772 Å². The van der Waals surface area contributed by atoms with Crippen LogP contribution in [0.4, 0.5) is 5.69 Å². The molecule has 2 fully saturated rings. The number of hydroxylamine groups is 2. The minimum absolute atomic E-state index is 0.0134. The number of benzene rings is 2. The molecule has 2 atom stereocenters. The Morgan fingerprint density at radius 2 is 0.746 bits per heavy atom. The Balaban J connectivity index is 0.745. The number of carbonyl (C=O) groups excluding carboxylic acids is 8. The third-order valence-corrected chi connectivity index (χ3v) is 19.8. The average molecular weight is 1930 g/mol. The van der Waals surface area contributed by atoms with E-state index in [2.05, 4.69) is 26.1 Å². The first-order chi connectivity index (χ1) is 63.1. The quantitative estimate of drug-likeness (QED) is 0.0243. The van der Waals surface area contributed by atoms with Gasteiger partial charge in [0.2, 0.25) is 11.8 Å². The minimum atomic E-state index is -5.15. The Morgan fingerprint density at radius 1 is 0.438 bits per heavy atom. The first-order valence-electron chi connectivity index (χ1n) is 43.9. The molecule has 6 amide bonds. The normalized spacial score (nSPS) is 14.2. The fourth-order valence-electron chi connectivity index (χ4n) is 11.6. The van der Waals surface area contributed by atoms with E-state index < -0.39 is 74.4 Å². The van der Waals surface area contributed by atoms with Crippen LogP contribution in [0.25, 0.3) is 0 Å². The molecular weight excluding hydrogens is 1790 g/mol. The molecular formula is C85H138Cl2N5O37S-. The van der Waals surface area contributed by atoms with Crippen LogP contribution in [0.15, 0.2) is 42.5 Å². The van der Waals surface area contributed by atoms with Crippen LogP contribution >= 0.6 is 23.2 Å². The van der Waals surface area contributed by atoms with Crippen molar-refractivity contribution in [1.82, 2.24) is 21.0 Å². The van der Waals surface area contributed by atoms with Gasteiger partial charge < -0.3 is 149 Å². The van der Waals surface area contributed by atoms with Gasteiger partial charge in [-0.3, -0.25) is 28.8 Å². The summed E-state index contributed by atoms with van der Waals surface area (Å²) < 4.78 is 171. The van der Waals surface area contributed by atoms with E-state index in [1.807, 2.05) is 0 Å². The summed E-state index contributed by atoms with van der Waals surface area (Å²) >= 11 is 12.5. The highest BCUT2D eigenvalue weighted by Gasteiger charge is 2.46. The topological polar surface area (TPSA) is 485 Å². The molecule has 1 saturated carbocycles. The lowest BCUT2D eigenvalue weighted by atomic mass is 9.81. The SMILES string of the molecule is CC(C)(C)OC(=O)[C@H](Cc1ccc(NC(=O)c2c(Cl)cccc2Cl)cc1)NC(=O)C1(CCNC(=O)CCOCCOCCOCCOCCOCCOCCOCCOCCOCCOCCOCCOCCOCCOCCOCCOCCOCCOCCOCCOCCOCCOCCOCCOCCNC(=O)C(=O)ON2C(=O)CC(S(=O)(=O)[O-])C2=O)CCCC1. The van der Waals surface area contributed by atoms with E-state index in [4.69, 9.17) is 142 Å². The summed E-state index contributed by atoms with van der Waals surface area (Å²) in [4.78, 5) is 105. The van der Waals surface area contributed by atoms with Crippen LogP contribution in [-0.2, 0) is 173 Å². The van der Waals surface area contributed by atoms with Crippen molar-refractivity contribution in [2.45, 2.75) is 89.0 Å². The van der Waals surface area contributed by atoms with Crippen LogP contribution in [0.1, 0.15) is 81.6 Å². The van der Waals surface area contributed by atoms with Crippen LogP contribution in [0, 0.1) is 5.41 Å². The van der Waals surface area contributed by atoms with Crippen molar-refractivity contribution in [2.75, 3.05) is 336 Å². The maximum atomic E-state index is 14.1. The summed E-state index contributed by atoms with van der Waals surface area (Å²) in [5.74, 6) is -7.25. The molecule has 2 aliphatic rings. The maximum Gasteiger partial charge on any atom is 0.421 e. The number of hydrogen-bond acceptors (Lipinski definition) is 37. The molecule has 2 aromatic rings. The third kappa shape index (κ3) is 59.6. The van der Waals surface area contributed by atoms with Gasteiger partial charge in [0.25, 0.3) is 17.7 Å². The number of hydrogen-bond donors (Lipinski definition) is 4. The molecule has 0 spiro atoms. The molecule has 2 aromatic carbocycles. The van der Waals surface area contributed by atoms with E-state index in [9.17, 15) is 51.3 Å². The molecule has 1 aliphatic heterocycles. The lowest BCUT2D eigenvalue weighted by Gasteiger charge is -2.31. The van der Waals surface area contributed by atoms with E-state index in [1.165, 1.54) is 0 Å². The summed E-state index contributed by atoms with van der Waals surface area (Å²) in [5.41, 5.74) is -0.183. The molecule has 45 heteroatoms. The second kappa shape index (κ2) is 76.1. The fourth-order valence-corrected chi connectivity index (χ4v) is 12.8. The molecule has 746 valence electrons. The smallest absolute Gasteiger partial charge is 0.421 e. The van der Waals surface area contributed by atoms with Crippen LogP contribution < -0.4 is 21.3 Å². The van der Waals surface area contributed by atoms with Crippen molar-refractivity contribution in [3.8, 4) is 0 Å². The number of imide groups is 1. The average Bonchev–Trinajstić information content (AvgIpc) is 1.65. The fraction of sp³-hybridized carbons (Fsp3) is 0.765. The number of halogens is 2. The predicted octanol–water partition coefficient (Wildman–Crippen LogP) is 2.72. The van der Waals surface area contributed by atoms with Gasteiger partial charge in [-0.15, -0.1) is 5.06 Å². The van der Waals surface area contributed by atoms with Gasteiger partial charge in [-0.2, -0.15) is 0 Å². The largest absolute Gasteiger partial charge is 0.747 e. The first kappa shape index (κ1) is 116. The van der Waals surface area contributed by atoms with Crippen molar-refractivity contribution in [2.24, 2.45) is 5.41 Å². The highest BCUT2D eigenvalue weighted by Crippen LogP contribution is 2.41. The first-order valence-corrected chi connectivity index (χ1v) is 46.1. The zero-order valence-electron chi connectivity index (χ0n) is 75.4. The van der Waals surface area contributed by atoms with Gasteiger partial charge in [0.15, 0.2) is 0 Å². The molecule has 42 nitrogen and oxygen atoms in total. The van der Waals surface area contributed by atoms with Gasteiger partial charge in [-0.1, -0.05) is 54.2 Å². The predicted molar refractivity (Wildman–Crippen MR) is 464 cm³/mol. The highest BCUT2D eigenvalue weighted by molar-refractivity contribution is 7.87. The number of carbonyl (C=O) groups is 8. The lowest BCUT2D eigenvalue weighted by Crippen LogP contribution is -2.51. The third-order valence-electron chi connectivity index (χ3n) is 18.1. The number of anilines is 1. The minimum Gasteiger partial charge on any atom is -0.747 e. The van der Waals surface area contributed by atoms with E-state index in [0.29, 0.717) is 316 Å². The van der Waals surface area contributed by atoms with Crippen LogP contribution in [-0.4, -0.2) is 413 Å². The van der Waals surface area contributed by atoms with Crippen molar-refractivity contribution in [1.29, 1.82) is 0 Å². The second-order valence-corrected chi connectivity index (χ2v) is 31.8. The van der Waals surface area contributed by atoms with Gasteiger partial charge in [0.05, 0.1) is 345 Å². The second-order valence-electron chi connectivity index (χ2n) is 29.4. The van der Waals surface area contributed by atoms with Crippen LogP contribution in [0.3, 0.4) is 0 Å². The van der Waals surface area contributed by atoms with Gasteiger partial charge in [-0.05, 0) is 69.9 Å². The monoisotopic (exact) mass is 1920 g/mol. The standard InChI is InChI=1S/C85H139Cl2N5O37S/c1-84(2,3)128-81(98)73(67-69-9-11-70(12-10-69)90-78(95)77-71(86)7-6-8-72(77)87)91-83(100)85(14-4-5-15-85)16-17-88-75(93)13-19-104-21-23-106-25-27-108-29-31-110-33-35-112-37-39-114-41-43-116-45-47-118-49-51-120-53-55-122-57-59-124-61-63-126-65-66-127-64-62-125-60-58-123-56-54-121-52-50-119-48-46-117-44-42-115-40-38-113-36-34-111-32-30-109-28-26-107-24-22-105-20-18-89-79(96)82(99)129-92-76(94)68-74(80(92)97)130(101,102)103/h6-12,73-74H,4-5,13-68H2,1-3H3,(H,88,93)(H,89,96)(H,90,95)(H,91,100)(H,101,102,103)/p-1/t73-,74?/m0/s1. The molecule has 0 bridgehead atoms. The number of amides is 6. The van der Waals surface area contributed by atoms with Gasteiger partial charge >= 0.3 is 17.8 Å². The van der Waals surface area contributed by atoms with Crippen LogP contribution in [0.5, 0.6) is 0 Å². The summed E-state index contributed by atoms with van der Waals surface area (Å²) in [6.07, 6.45) is 2.65. The molecule has 130 heavy (non-hydrogen) atoms. The lowest BCUT2D eigenvalue weighted by molar-refractivity contribution is -0.197. The van der Waals surface area contributed by atoms with E-state index in [1.54, 1.807) is 63.2 Å². The van der Waals surface area contributed by atoms with Crippen molar-refractivity contribution < 1.29 is 175 Å². The number of rotatable bonds is 87. The summed E-state index contributed by atoms with van der Waals surface area (Å²) in [7, 11) is -5.15. The van der Waals surface area contributed by atoms with Gasteiger partial charge in [0.1, 0.15) is 27.0 Å². The molecule has 4 rings (SSSR count). The Hall–Kier alpha value is -6.07. The van der Waals surface area contributed by atoms with E-state index in [-0.39, 0.29) is 84.8 Å². The number of nitrogens with one attached hydrogen (secondary N) is 4. The Kier molecular flexibility index (Phi) is 68.1. The summed E-state index contributed by atoms with van der Waals surface area (Å²) in [6.45, 7) is 24.6. The van der Waals surface area contributed by atoms with E-state index in [0.717, 1.165) is 18.4 Å². The summed E-state index contributed by atoms with van der Waals surface area (Å²) in [5, 5.41) is 8.88. The number of nitrogens with zero attached hydrogens (tertiary/aromatic N) is 1. The highest BCUT2D eigenvalue weighted by atomic mass is 35.5. The molecule has 4 N–H and O–H groups in total. The molecule has 1 heterocycles. The molecule has 0 radical (unpaired) electrons. The molecule has 0 aromatic heterocycles. The molecule has 1 saturated heterocycles. The molecule has 1 aliphatic carbocycles. The zero-order valence-corrected chi connectivity index (χ0v) is 77.8. The van der Waals surface area contributed by atoms with Crippen LogP contribution in [0.2, 0.25) is 10.0 Å². The summed E-state index contributed by atoms with van der Waals surface area (Å²) in [6, 6.07) is 10.7. The van der Waals surface area contributed by atoms with Gasteiger partial charge in [0, 0.05) is 31.6 Å². The number of esters is 1. The zero-order chi connectivity index (χ0) is 93.9. The van der Waals surface area contributed by atoms with Gasteiger partial charge in [-0.25, -0.2) is 18.0 Å². The van der Waals surface area contributed by atoms with Crippen molar-refractivity contribution in [3.05, 3.63) is 63.6 Å². The van der Waals surface area contributed by atoms with E-state index >= 15 is 0 Å². The molecule has 1 unspecified atom stereocenters. The van der Waals surface area contributed by atoms with Crippen molar-refractivity contribution in [3.63, 3.8) is 0 Å². The van der Waals surface area contributed by atoms with Crippen molar-refractivity contribution >= 4 is 86.4 Å². The maximum absolute atomic E-state index is 14.1. The Morgan fingerprint density at radius 3 is 1.05 bits per heavy atom. The Bertz CT molecular complexity index is 3410. The number of ether oxygens (including phenoxy) is 25.